The molecule has 120 valence electrons. The molecule has 0 unspecified atom stereocenters. The topological polar surface area (TPSA) is 15.3 Å². The molecule has 0 amide bonds. The molecular weight excluding hydrogens is 263 g/mol. The maximum absolute atomic E-state index is 13.1. The van der Waals surface area contributed by atoms with Crippen molar-refractivity contribution < 1.29 is 4.39 Å². The lowest BCUT2D eigenvalue weighted by molar-refractivity contribution is 0.252. The molecule has 3 heteroatoms. The molecule has 0 radical (unpaired) electrons. The van der Waals surface area contributed by atoms with Gasteiger partial charge in [-0.2, -0.15) is 0 Å². The molecule has 0 bridgehead atoms. The van der Waals surface area contributed by atoms with E-state index in [1.807, 2.05) is 6.07 Å². The van der Waals surface area contributed by atoms with Gasteiger partial charge in [0.05, 0.1) is 0 Å². The van der Waals surface area contributed by atoms with Crippen LogP contribution in [0.5, 0.6) is 0 Å². The fourth-order valence-electron chi connectivity index (χ4n) is 2.17. The Bertz CT molecular complexity index is 379. The predicted octanol–water partition coefficient (Wildman–Crippen LogP) is 4.63. The second-order valence-corrected chi connectivity index (χ2v) is 6.64. The molecule has 0 aliphatic heterocycles. The van der Waals surface area contributed by atoms with Crippen LogP contribution in [0.3, 0.4) is 0 Å². The average molecular weight is 294 g/mol. The van der Waals surface area contributed by atoms with Gasteiger partial charge in [0.1, 0.15) is 5.82 Å². The molecular formula is C18H31FN2. The molecule has 21 heavy (non-hydrogen) atoms. The van der Waals surface area contributed by atoms with Crippen LogP contribution >= 0.6 is 0 Å². The molecule has 0 atom stereocenters. The molecule has 0 spiro atoms. The number of nitrogens with one attached hydrogen (secondary N) is 1. The fraction of sp³-hybridized carbons (Fsp3) is 0.667. The van der Waals surface area contributed by atoms with E-state index in [4.69, 9.17) is 0 Å². The number of halogens is 1. The quantitative estimate of drug-likeness (QED) is 0.676. The molecule has 0 aromatic heterocycles. The van der Waals surface area contributed by atoms with Gasteiger partial charge in [0.2, 0.25) is 0 Å². The smallest absolute Gasteiger partial charge is 0.125 e. The Morgan fingerprint density at radius 1 is 1.00 bits per heavy atom. The van der Waals surface area contributed by atoms with Crippen molar-refractivity contribution in [3.63, 3.8) is 0 Å². The highest BCUT2D eigenvalue weighted by molar-refractivity contribution is 5.42. The monoisotopic (exact) mass is 294 g/mol. The maximum Gasteiger partial charge on any atom is 0.125 e. The van der Waals surface area contributed by atoms with Gasteiger partial charge in [-0.3, -0.25) is 0 Å². The number of anilines is 1. The van der Waals surface area contributed by atoms with Gasteiger partial charge < -0.3 is 10.2 Å². The number of nitrogens with zero attached hydrogens (tertiary/aromatic N) is 1. The van der Waals surface area contributed by atoms with Crippen molar-refractivity contribution in [3.8, 4) is 0 Å². The summed E-state index contributed by atoms with van der Waals surface area (Å²) in [6.07, 6.45) is 2.47. The Labute approximate surface area is 129 Å². The fourth-order valence-corrected chi connectivity index (χ4v) is 2.17. The first kappa shape index (κ1) is 18.0. The number of hydrogen-bond donors (Lipinski definition) is 1. The van der Waals surface area contributed by atoms with Crippen LogP contribution < -0.4 is 5.32 Å². The Balaban J connectivity index is 2.36. The number of benzene rings is 1. The van der Waals surface area contributed by atoms with Gasteiger partial charge in [-0.25, -0.2) is 4.39 Å². The predicted molar refractivity (Wildman–Crippen MR) is 90.2 cm³/mol. The van der Waals surface area contributed by atoms with Crippen molar-refractivity contribution in [3.05, 3.63) is 30.1 Å². The van der Waals surface area contributed by atoms with Gasteiger partial charge in [-0.05, 0) is 56.0 Å². The summed E-state index contributed by atoms with van der Waals surface area (Å²) in [5.41, 5.74) is 0.864. The SMILES string of the molecule is CC(C)CCN(CCNc1cccc(F)c1)CCC(C)C. The first-order valence-electron chi connectivity index (χ1n) is 8.19. The van der Waals surface area contributed by atoms with Crippen LogP contribution in [0, 0.1) is 17.7 Å². The highest BCUT2D eigenvalue weighted by Crippen LogP contribution is 2.10. The zero-order chi connectivity index (χ0) is 15.7. The van der Waals surface area contributed by atoms with Crippen molar-refractivity contribution in [2.45, 2.75) is 40.5 Å². The Hall–Kier alpha value is -1.09. The molecule has 1 aromatic carbocycles. The third kappa shape index (κ3) is 8.71. The lowest BCUT2D eigenvalue weighted by Gasteiger charge is -2.24. The first-order chi connectivity index (χ1) is 9.97. The molecule has 0 saturated carbocycles. The average Bonchev–Trinajstić information content (AvgIpc) is 2.41. The second-order valence-electron chi connectivity index (χ2n) is 6.64. The Kier molecular flexibility index (Phi) is 8.36. The minimum absolute atomic E-state index is 0.184. The van der Waals surface area contributed by atoms with Gasteiger partial charge in [0.25, 0.3) is 0 Å². The summed E-state index contributed by atoms with van der Waals surface area (Å²) >= 11 is 0. The van der Waals surface area contributed by atoms with Crippen LogP contribution in [0.4, 0.5) is 10.1 Å². The first-order valence-corrected chi connectivity index (χ1v) is 8.19. The van der Waals surface area contributed by atoms with Crippen molar-refractivity contribution in [1.82, 2.24) is 4.90 Å². The summed E-state index contributed by atoms with van der Waals surface area (Å²) in [6.45, 7) is 13.2. The molecule has 0 aliphatic rings. The minimum atomic E-state index is -0.184. The molecule has 0 saturated heterocycles. The highest BCUT2D eigenvalue weighted by Gasteiger charge is 2.07. The molecule has 1 rings (SSSR count). The zero-order valence-electron chi connectivity index (χ0n) is 14.0. The molecule has 1 aromatic rings. The highest BCUT2D eigenvalue weighted by atomic mass is 19.1. The van der Waals surface area contributed by atoms with Gasteiger partial charge in [-0.15, -0.1) is 0 Å². The van der Waals surface area contributed by atoms with Crippen molar-refractivity contribution in [1.29, 1.82) is 0 Å². The Morgan fingerprint density at radius 2 is 1.62 bits per heavy atom. The van der Waals surface area contributed by atoms with E-state index >= 15 is 0 Å². The third-order valence-electron chi connectivity index (χ3n) is 3.63. The zero-order valence-corrected chi connectivity index (χ0v) is 14.0. The second kappa shape index (κ2) is 9.78. The van der Waals surface area contributed by atoms with Crippen molar-refractivity contribution >= 4 is 5.69 Å². The number of rotatable bonds is 10. The lowest BCUT2D eigenvalue weighted by atomic mass is 10.1. The summed E-state index contributed by atoms with van der Waals surface area (Å²) < 4.78 is 13.1. The van der Waals surface area contributed by atoms with Crippen LogP contribution in [0.1, 0.15) is 40.5 Å². The van der Waals surface area contributed by atoms with Crippen LogP contribution in [-0.2, 0) is 0 Å². The van der Waals surface area contributed by atoms with Crippen molar-refractivity contribution in [2.75, 3.05) is 31.5 Å². The van der Waals surface area contributed by atoms with Gasteiger partial charge in [0.15, 0.2) is 0 Å². The van der Waals surface area contributed by atoms with Crippen LogP contribution in [0.2, 0.25) is 0 Å². The summed E-state index contributed by atoms with van der Waals surface area (Å²) in [4.78, 5) is 2.52. The van der Waals surface area contributed by atoms with Gasteiger partial charge in [0, 0.05) is 18.8 Å². The number of hydrogen-bond acceptors (Lipinski definition) is 2. The van der Waals surface area contributed by atoms with Crippen LogP contribution in [-0.4, -0.2) is 31.1 Å². The van der Waals surface area contributed by atoms with E-state index in [-0.39, 0.29) is 5.82 Å². The van der Waals surface area contributed by atoms with Gasteiger partial charge in [-0.1, -0.05) is 33.8 Å². The van der Waals surface area contributed by atoms with Crippen molar-refractivity contribution in [2.24, 2.45) is 11.8 Å². The molecule has 0 heterocycles. The maximum atomic E-state index is 13.1. The summed E-state index contributed by atoms with van der Waals surface area (Å²) in [5, 5.41) is 3.31. The summed E-state index contributed by atoms with van der Waals surface area (Å²) in [6, 6.07) is 6.68. The van der Waals surface area contributed by atoms with Crippen LogP contribution in [0.25, 0.3) is 0 Å². The summed E-state index contributed by atoms with van der Waals surface area (Å²) in [5.74, 6) is 1.29. The largest absolute Gasteiger partial charge is 0.384 e. The van der Waals surface area contributed by atoms with E-state index in [1.165, 1.54) is 18.9 Å². The third-order valence-corrected chi connectivity index (χ3v) is 3.63. The summed E-state index contributed by atoms with van der Waals surface area (Å²) in [7, 11) is 0. The van der Waals surface area contributed by atoms with E-state index in [9.17, 15) is 4.39 Å². The Morgan fingerprint density at radius 3 is 2.14 bits per heavy atom. The van der Waals surface area contributed by atoms with E-state index in [0.29, 0.717) is 0 Å². The van der Waals surface area contributed by atoms with Crippen LogP contribution in [0.15, 0.2) is 24.3 Å². The normalized spacial score (nSPS) is 11.6. The van der Waals surface area contributed by atoms with E-state index in [2.05, 4.69) is 37.9 Å². The molecule has 2 nitrogen and oxygen atoms in total. The van der Waals surface area contributed by atoms with E-state index in [1.54, 1.807) is 12.1 Å². The lowest BCUT2D eigenvalue weighted by Crippen LogP contribution is -2.32. The minimum Gasteiger partial charge on any atom is -0.384 e. The molecule has 0 fully saturated rings. The standard InChI is InChI=1S/C18H31FN2/c1-15(2)8-11-21(12-9-16(3)4)13-10-20-18-7-5-6-17(19)14-18/h5-7,14-16,20H,8-13H2,1-4H3. The molecule has 0 aliphatic carbocycles. The van der Waals surface area contributed by atoms with E-state index < -0.39 is 0 Å². The molecule has 1 N–H and O–H groups in total. The van der Waals surface area contributed by atoms with E-state index in [0.717, 1.165) is 43.7 Å². The van der Waals surface area contributed by atoms with Gasteiger partial charge >= 0.3 is 0 Å².